The fourth-order valence-corrected chi connectivity index (χ4v) is 4.61. The molecule has 0 N–H and O–H groups in total. The van der Waals surface area contributed by atoms with E-state index in [1.54, 1.807) is 23.7 Å². The van der Waals surface area contributed by atoms with Gasteiger partial charge in [-0.05, 0) is 47.0 Å². The number of thiazole rings is 1. The lowest BCUT2D eigenvalue weighted by Gasteiger charge is -2.31. The van der Waals surface area contributed by atoms with Crippen LogP contribution >= 0.6 is 27.3 Å². The van der Waals surface area contributed by atoms with Crippen LogP contribution in [0.1, 0.15) is 34.1 Å². The molecule has 1 aromatic carbocycles. The van der Waals surface area contributed by atoms with Crippen LogP contribution in [0.15, 0.2) is 47.2 Å². The van der Waals surface area contributed by atoms with E-state index in [9.17, 15) is 4.79 Å². The molecule has 2 aromatic heterocycles. The van der Waals surface area contributed by atoms with E-state index in [1.165, 1.54) is 9.71 Å². The van der Waals surface area contributed by atoms with Crippen molar-refractivity contribution < 1.29 is 4.79 Å². The molecule has 4 nitrogen and oxygen atoms in total. The second kappa shape index (κ2) is 6.61. The monoisotopic (exact) mass is 401 g/mol. The van der Waals surface area contributed by atoms with Crippen LogP contribution in [-0.2, 0) is 0 Å². The first-order valence-corrected chi connectivity index (χ1v) is 9.57. The summed E-state index contributed by atoms with van der Waals surface area (Å²) in [5, 5.41) is 1.20. The third-order valence-corrected chi connectivity index (χ3v) is 6.03. The lowest BCUT2D eigenvalue weighted by Crippen LogP contribution is -2.37. The summed E-state index contributed by atoms with van der Waals surface area (Å²) in [6.07, 6.45) is 5.25. The fraction of sp³-hybridized carbons (Fsp3) is 0.278. The van der Waals surface area contributed by atoms with Crippen LogP contribution in [0.2, 0.25) is 0 Å². The smallest absolute Gasteiger partial charge is 0.255 e. The number of hydrogen-bond acceptors (Lipinski definition) is 4. The normalized spacial score (nSPS) is 15.8. The van der Waals surface area contributed by atoms with E-state index in [0.717, 1.165) is 35.9 Å². The molecule has 122 valence electrons. The number of amides is 1. The molecular formula is C18H16BrN3OS. The van der Waals surface area contributed by atoms with Gasteiger partial charge in [-0.1, -0.05) is 12.1 Å². The topological polar surface area (TPSA) is 46.1 Å². The van der Waals surface area contributed by atoms with Crippen molar-refractivity contribution in [3.8, 4) is 0 Å². The van der Waals surface area contributed by atoms with Gasteiger partial charge in [-0.3, -0.25) is 9.78 Å². The summed E-state index contributed by atoms with van der Waals surface area (Å²) in [6.45, 7) is 1.54. The van der Waals surface area contributed by atoms with Crippen LogP contribution in [-0.4, -0.2) is 33.9 Å². The summed E-state index contributed by atoms with van der Waals surface area (Å²) >= 11 is 5.15. The van der Waals surface area contributed by atoms with Crippen molar-refractivity contribution in [2.75, 3.05) is 13.1 Å². The molecule has 0 spiro atoms. The van der Waals surface area contributed by atoms with Gasteiger partial charge in [0, 0.05) is 35.9 Å². The maximum atomic E-state index is 12.6. The number of nitrogens with zero attached hydrogens (tertiary/aromatic N) is 3. The zero-order chi connectivity index (χ0) is 16.5. The van der Waals surface area contributed by atoms with Gasteiger partial charge in [0.2, 0.25) is 0 Å². The zero-order valence-corrected chi connectivity index (χ0v) is 15.4. The minimum absolute atomic E-state index is 0.0616. The Labute approximate surface area is 152 Å². The second-order valence-corrected chi connectivity index (χ2v) is 7.96. The minimum Gasteiger partial charge on any atom is -0.339 e. The number of benzene rings is 1. The van der Waals surface area contributed by atoms with Gasteiger partial charge in [-0.2, -0.15) is 0 Å². The Balaban J connectivity index is 1.45. The highest BCUT2D eigenvalue weighted by Crippen LogP contribution is 2.34. The van der Waals surface area contributed by atoms with Crippen molar-refractivity contribution >= 4 is 43.4 Å². The number of likely N-dealkylation sites (tertiary alicyclic amines) is 1. The van der Waals surface area contributed by atoms with Crippen LogP contribution in [0, 0.1) is 0 Å². The lowest BCUT2D eigenvalue weighted by atomic mass is 9.97. The molecule has 0 radical (unpaired) electrons. The van der Waals surface area contributed by atoms with Crippen molar-refractivity contribution in [2.45, 2.75) is 18.8 Å². The summed E-state index contributed by atoms with van der Waals surface area (Å²) in [4.78, 5) is 23.4. The standard InChI is InChI=1S/C18H16BrN3OS/c19-14-9-13(10-20-11-14)18(23)22-7-5-12(6-8-22)17-21-15-3-1-2-4-16(15)24-17/h1-4,9-12H,5-8H2. The molecule has 1 fully saturated rings. The van der Waals surface area contributed by atoms with E-state index in [1.807, 2.05) is 17.0 Å². The van der Waals surface area contributed by atoms with Crippen molar-refractivity contribution in [3.05, 3.63) is 57.8 Å². The Morgan fingerprint density at radius 3 is 2.75 bits per heavy atom. The van der Waals surface area contributed by atoms with Crippen molar-refractivity contribution in [3.63, 3.8) is 0 Å². The van der Waals surface area contributed by atoms with Crippen LogP contribution < -0.4 is 0 Å². The summed E-state index contributed by atoms with van der Waals surface area (Å²) in [5.41, 5.74) is 1.72. The number of hydrogen-bond donors (Lipinski definition) is 0. The molecule has 0 bridgehead atoms. The molecule has 0 atom stereocenters. The molecule has 3 heterocycles. The average molecular weight is 402 g/mol. The van der Waals surface area contributed by atoms with E-state index in [0.29, 0.717) is 11.5 Å². The number of fused-ring (bicyclic) bond motifs is 1. The van der Waals surface area contributed by atoms with E-state index in [-0.39, 0.29) is 5.91 Å². The molecule has 4 rings (SSSR count). The number of carbonyl (C=O) groups excluding carboxylic acids is 1. The van der Waals surface area contributed by atoms with Crippen LogP contribution in [0.5, 0.6) is 0 Å². The molecular weight excluding hydrogens is 386 g/mol. The third kappa shape index (κ3) is 3.08. The van der Waals surface area contributed by atoms with Gasteiger partial charge in [0.1, 0.15) is 0 Å². The number of para-hydroxylation sites is 1. The molecule has 1 aliphatic rings. The van der Waals surface area contributed by atoms with Crippen LogP contribution in [0.3, 0.4) is 0 Å². The van der Waals surface area contributed by atoms with E-state index in [2.05, 4.69) is 39.1 Å². The predicted molar refractivity (Wildman–Crippen MR) is 99.4 cm³/mol. The Morgan fingerprint density at radius 2 is 2.00 bits per heavy atom. The van der Waals surface area contributed by atoms with Gasteiger partial charge in [0.15, 0.2) is 0 Å². The number of piperidine rings is 1. The summed E-state index contributed by atoms with van der Waals surface area (Å²) in [6, 6.07) is 10.1. The molecule has 3 aromatic rings. The Hall–Kier alpha value is -1.79. The number of pyridine rings is 1. The third-order valence-electron chi connectivity index (χ3n) is 4.39. The molecule has 0 aliphatic carbocycles. The Kier molecular flexibility index (Phi) is 4.33. The highest BCUT2D eigenvalue weighted by molar-refractivity contribution is 9.10. The summed E-state index contributed by atoms with van der Waals surface area (Å²) < 4.78 is 2.07. The van der Waals surface area contributed by atoms with Gasteiger partial charge < -0.3 is 4.90 Å². The Bertz CT molecular complexity index is 854. The number of carbonyl (C=O) groups is 1. The van der Waals surface area contributed by atoms with Gasteiger partial charge in [-0.25, -0.2) is 4.98 Å². The molecule has 0 saturated carbocycles. The maximum Gasteiger partial charge on any atom is 0.255 e. The number of rotatable bonds is 2. The first-order valence-electron chi connectivity index (χ1n) is 7.96. The average Bonchev–Trinajstić information content (AvgIpc) is 3.05. The predicted octanol–water partition coefficient (Wildman–Crippen LogP) is 4.47. The highest BCUT2D eigenvalue weighted by atomic mass is 79.9. The van der Waals surface area contributed by atoms with Gasteiger partial charge in [0.25, 0.3) is 5.91 Å². The number of aromatic nitrogens is 2. The van der Waals surface area contributed by atoms with Gasteiger partial charge >= 0.3 is 0 Å². The van der Waals surface area contributed by atoms with Gasteiger partial charge in [-0.15, -0.1) is 11.3 Å². The van der Waals surface area contributed by atoms with Crippen molar-refractivity contribution in [2.24, 2.45) is 0 Å². The fourth-order valence-electron chi connectivity index (χ4n) is 3.11. The molecule has 24 heavy (non-hydrogen) atoms. The van der Waals surface area contributed by atoms with E-state index < -0.39 is 0 Å². The SMILES string of the molecule is O=C(c1cncc(Br)c1)N1CCC(c2nc3ccccc3s2)CC1. The number of halogens is 1. The first-order chi connectivity index (χ1) is 11.7. The molecule has 0 unspecified atom stereocenters. The van der Waals surface area contributed by atoms with Crippen LogP contribution in [0.25, 0.3) is 10.2 Å². The summed E-state index contributed by atoms with van der Waals surface area (Å²) in [7, 11) is 0. The molecule has 6 heteroatoms. The van der Waals surface area contributed by atoms with Gasteiger partial charge in [0.05, 0.1) is 20.8 Å². The van der Waals surface area contributed by atoms with Crippen LogP contribution in [0.4, 0.5) is 0 Å². The van der Waals surface area contributed by atoms with E-state index in [4.69, 9.17) is 4.98 Å². The zero-order valence-electron chi connectivity index (χ0n) is 13.0. The largest absolute Gasteiger partial charge is 0.339 e. The minimum atomic E-state index is 0.0616. The summed E-state index contributed by atoms with van der Waals surface area (Å²) in [5.74, 6) is 0.513. The molecule has 1 amide bonds. The van der Waals surface area contributed by atoms with E-state index >= 15 is 0 Å². The van der Waals surface area contributed by atoms with Crippen molar-refractivity contribution in [1.82, 2.24) is 14.9 Å². The van der Waals surface area contributed by atoms with Crippen molar-refractivity contribution in [1.29, 1.82) is 0 Å². The maximum absolute atomic E-state index is 12.6. The highest BCUT2D eigenvalue weighted by Gasteiger charge is 2.26. The Morgan fingerprint density at radius 1 is 1.21 bits per heavy atom. The quantitative estimate of drug-likeness (QED) is 0.635. The molecule has 1 aliphatic heterocycles. The lowest BCUT2D eigenvalue weighted by molar-refractivity contribution is 0.0712. The second-order valence-electron chi connectivity index (χ2n) is 5.98. The molecule has 1 saturated heterocycles. The first kappa shape index (κ1) is 15.7.